The smallest absolute Gasteiger partial charge is 0.789 e. The Labute approximate surface area is 769 Å². The van der Waals surface area contributed by atoms with Crippen LogP contribution in [0.3, 0.4) is 0 Å². The zero-order valence-corrected chi connectivity index (χ0v) is 83.6. The molecule has 0 aromatic heterocycles. The van der Waals surface area contributed by atoms with E-state index in [1.165, 1.54) is 411 Å². The first-order valence-corrected chi connectivity index (χ1v) is 49.1. The van der Waals surface area contributed by atoms with E-state index < -0.39 is 0 Å². The number of hydrogen-bond donors (Lipinski definition) is 0. The van der Waals surface area contributed by atoms with Crippen LogP contribution in [0, 0.1) is 0 Å². The van der Waals surface area contributed by atoms with Crippen LogP contribution in [-0.4, -0.2) is 121 Å². The molecule has 0 aromatic rings. The molecular formula is C98H190O8S5Sn2. The molecule has 0 heterocycles. The monoisotopic (exact) mass is 1900 g/mol. The summed E-state index contributed by atoms with van der Waals surface area (Å²) in [6, 6.07) is 0. The number of ether oxygens (including phenoxy) is 4. The van der Waals surface area contributed by atoms with E-state index in [0.29, 0.717) is 75.1 Å². The Bertz CT molecular complexity index is 1590. The molecule has 0 unspecified atom stereocenters. The van der Waals surface area contributed by atoms with Crippen molar-refractivity contribution < 1.29 is 38.1 Å². The molecule has 0 rings (SSSR count). The molecule has 0 fully saturated rings. The minimum atomic E-state index is -0.164. The standard InChI is InChI=1S/4C24H46O2S.2CH4.H2S.2Sn/c4*1-2-3-4-5-6-7-8-9-10-11-12-13-14-15-16-17-18-19-20-21-24(25)26-22-23-27;;;;;/h4*19-20,27H,2-18,21-23H2,1H3;2*1H4;1H2;;/q;;;;;;;2*+2/p-4/b4*20-19+;;;;;. The van der Waals surface area contributed by atoms with Crippen LogP contribution in [0.15, 0.2) is 48.6 Å². The van der Waals surface area contributed by atoms with Crippen molar-refractivity contribution in [1.82, 2.24) is 0 Å². The first-order valence-electron chi connectivity index (χ1n) is 46.8. The van der Waals surface area contributed by atoms with E-state index in [1.54, 1.807) is 0 Å². The van der Waals surface area contributed by atoms with Gasteiger partial charge in [0.05, 0.1) is 52.1 Å². The van der Waals surface area contributed by atoms with E-state index in [1.807, 2.05) is 24.3 Å². The summed E-state index contributed by atoms with van der Waals surface area (Å²) in [5.41, 5.74) is 0. The molecule has 0 aliphatic carbocycles. The van der Waals surface area contributed by atoms with Crippen molar-refractivity contribution >= 4 is 136 Å². The largest absolute Gasteiger partial charge is 2.00 e. The second-order valence-electron chi connectivity index (χ2n) is 30.8. The summed E-state index contributed by atoms with van der Waals surface area (Å²) in [6.07, 6.45) is 112. The van der Waals surface area contributed by atoms with E-state index in [0.717, 1.165) is 25.7 Å². The normalized spacial score (nSPS) is 10.8. The molecule has 0 amide bonds. The first kappa shape index (κ1) is 131. The molecule has 8 nitrogen and oxygen atoms in total. The summed E-state index contributed by atoms with van der Waals surface area (Å²) < 4.78 is 19.7. The van der Waals surface area contributed by atoms with Gasteiger partial charge in [-0.1, -0.05) is 476 Å². The number of unbranched alkanes of at least 4 members (excludes halogenated alkanes) is 64. The van der Waals surface area contributed by atoms with Crippen molar-refractivity contribution in [2.24, 2.45) is 0 Å². The third-order valence-electron chi connectivity index (χ3n) is 20.1. The van der Waals surface area contributed by atoms with Gasteiger partial charge in [-0.2, -0.15) is 13.5 Å². The number of carbonyl (C=O) groups is 4. The minimum Gasteiger partial charge on any atom is -0.789 e. The Kier molecular flexibility index (Phi) is 148. The fourth-order valence-electron chi connectivity index (χ4n) is 13.3. The first-order chi connectivity index (χ1) is 53.2. The van der Waals surface area contributed by atoms with Crippen molar-refractivity contribution in [2.75, 3.05) is 49.4 Å². The van der Waals surface area contributed by atoms with E-state index in [4.69, 9.17) is 69.5 Å². The van der Waals surface area contributed by atoms with Gasteiger partial charge in [-0.3, -0.25) is 19.2 Å². The summed E-state index contributed by atoms with van der Waals surface area (Å²) in [7, 11) is 0. The Morgan fingerprint density at radius 2 is 0.301 bits per heavy atom. The molecule has 668 valence electrons. The fourth-order valence-corrected chi connectivity index (χ4v) is 13.6. The summed E-state index contributed by atoms with van der Waals surface area (Å²) in [6.45, 7) is 10.6. The van der Waals surface area contributed by atoms with Gasteiger partial charge in [0.1, 0.15) is 0 Å². The maximum Gasteiger partial charge on any atom is 2.00 e. The SMILES string of the molecule is C.C.CCCCCCCCCCCCCCCCCC/C=C/CC(=O)OCC[S-].CCCCCCCCCCCCCCCCCC/C=C/CC(=O)OCC[S-].CCCCCCCCCCCCCCCCCC/C=C/CC(=O)OCC[S-].CCCCCCCCCCCCCCCCCC/C=C/CC(=O)OCC[S-].S.[Sn+2].[Sn+2]. The molecule has 0 spiro atoms. The number of rotatable bonds is 84. The van der Waals surface area contributed by atoms with Gasteiger partial charge < -0.3 is 69.5 Å². The summed E-state index contributed by atoms with van der Waals surface area (Å²) in [5.74, 6) is 1.27. The maximum atomic E-state index is 11.3. The summed E-state index contributed by atoms with van der Waals surface area (Å²) >= 11 is 19.0. The minimum absolute atomic E-state index is 0. The van der Waals surface area contributed by atoms with Crippen LogP contribution in [0.1, 0.15) is 505 Å². The topological polar surface area (TPSA) is 105 Å². The summed E-state index contributed by atoms with van der Waals surface area (Å²) in [5, 5.41) is 0. The zero-order valence-electron chi connectivity index (χ0n) is 73.6. The van der Waals surface area contributed by atoms with Gasteiger partial charge in [-0.05, 0) is 51.4 Å². The van der Waals surface area contributed by atoms with Crippen LogP contribution in [-0.2, 0) is 88.6 Å². The molecule has 0 saturated carbocycles. The number of allylic oxidation sites excluding steroid dienone is 4. The van der Waals surface area contributed by atoms with Gasteiger partial charge in [-0.15, -0.1) is 23.0 Å². The van der Waals surface area contributed by atoms with Crippen LogP contribution in [0.25, 0.3) is 0 Å². The molecule has 0 aromatic carbocycles. The molecule has 0 aliphatic rings. The Morgan fingerprint density at radius 3 is 0.407 bits per heavy atom. The van der Waals surface area contributed by atoms with E-state index in [9.17, 15) is 19.2 Å². The van der Waals surface area contributed by atoms with Crippen LogP contribution in [0.5, 0.6) is 0 Å². The maximum absolute atomic E-state index is 11.3. The van der Waals surface area contributed by atoms with E-state index >= 15 is 0 Å². The Balaban J connectivity index is -0.000000180. The number of hydrogen-bond acceptors (Lipinski definition) is 12. The molecule has 15 heteroatoms. The quantitative estimate of drug-likeness (QED) is 0.0145. The molecule has 0 aliphatic heterocycles. The van der Waals surface area contributed by atoms with Gasteiger partial charge in [-0.25, -0.2) is 0 Å². The molecule has 0 saturated heterocycles. The Hall–Kier alpha value is 0.187. The van der Waals surface area contributed by atoms with Gasteiger partial charge in [0.2, 0.25) is 0 Å². The average Bonchev–Trinajstić information content (AvgIpc) is 1.34. The van der Waals surface area contributed by atoms with Gasteiger partial charge in [0, 0.05) is 0 Å². The van der Waals surface area contributed by atoms with Gasteiger partial charge in [0.15, 0.2) is 0 Å². The second-order valence-corrected chi connectivity index (χ2v) is 32.4. The van der Waals surface area contributed by atoms with Crippen molar-refractivity contribution in [3.05, 3.63) is 48.6 Å². The fraction of sp³-hybridized carbons (Fsp3) is 0.878. The molecule has 113 heavy (non-hydrogen) atoms. The van der Waals surface area contributed by atoms with Crippen LogP contribution in [0.4, 0.5) is 0 Å². The molecule has 0 N–H and O–H groups in total. The predicted octanol–water partition coefficient (Wildman–Crippen LogP) is 31.3. The van der Waals surface area contributed by atoms with Crippen molar-refractivity contribution in [3.8, 4) is 0 Å². The van der Waals surface area contributed by atoms with Crippen LogP contribution in [0.2, 0.25) is 0 Å². The van der Waals surface area contributed by atoms with E-state index in [-0.39, 0.29) is 100 Å². The predicted molar refractivity (Wildman–Crippen MR) is 520 cm³/mol. The second kappa shape index (κ2) is 128. The van der Waals surface area contributed by atoms with Gasteiger partial charge >= 0.3 is 71.7 Å². The van der Waals surface area contributed by atoms with Crippen LogP contribution < -0.4 is 0 Å². The van der Waals surface area contributed by atoms with Crippen molar-refractivity contribution in [3.63, 3.8) is 0 Å². The molecule has 4 radical (unpaired) electrons. The van der Waals surface area contributed by atoms with Gasteiger partial charge in [0.25, 0.3) is 0 Å². The molecule has 0 bridgehead atoms. The number of carbonyl (C=O) groups excluding carboxylic acids is 4. The average molecular weight is 1890 g/mol. The van der Waals surface area contributed by atoms with Crippen LogP contribution >= 0.6 is 13.5 Å². The van der Waals surface area contributed by atoms with Crippen molar-refractivity contribution in [2.45, 2.75) is 505 Å². The summed E-state index contributed by atoms with van der Waals surface area (Å²) in [4.78, 5) is 45.1. The Morgan fingerprint density at radius 1 is 0.195 bits per heavy atom. The molecule has 0 atom stereocenters. The number of esters is 4. The zero-order chi connectivity index (χ0) is 79.4. The van der Waals surface area contributed by atoms with E-state index in [2.05, 4.69) is 52.0 Å². The third kappa shape index (κ3) is 136. The van der Waals surface area contributed by atoms with Crippen molar-refractivity contribution in [1.29, 1.82) is 0 Å². The molecular weight excluding hydrogens is 1700 g/mol. The third-order valence-corrected chi connectivity index (χ3v) is 20.8.